The molecule has 0 nitrogen and oxygen atoms in total. The Morgan fingerprint density at radius 3 is 2.74 bits per heavy atom. The summed E-state index contributed by atoms with van der Waals surface area (Å²) >= 11 is 2.27. The highest BCUT2D eigenvalue weighted by Gasteiger charge is 2.52. The van der Waals surface area contributed by atoms with Crippen LogP contribution in [0.2, 0.25) is 0 Å². The van der Waals surface area contributed by atoms with E-state index in [4.69, 9.17) is 0 Å². The molecule has 0 bridgehead atoms. The van der Waals surface area contributed by atoms with E-state index in [0.29, 0.717) is 10.8 Å². The molecule has 1 saturated heterocycles. The Bertz CT molecular complexity index is 463. The van der Waals surface area contributed by atoms with Gasteiger partial charge in [0.1, 0.15) is 0 Å². The van der Waals surface area contributed by atoms with E-state index in [9.17, 15) is 0 Å². The van der Waals surface area contributed by atoms with E-state index in [-0.39, 0.29) is 0 Å². The minimum atomic E-state index is 0.391. The van der Waals surface area contributed by atoms with Crippen molar-refractivity contribution in [2.75, 3.05) is 5.75 Å². The topological polar surface area (TPSA) is 0 Å². The van der Waals surface area contributed by atoms with Crippen LogP contribution in [0.15, 0.2) is 11.6 Å². The third kappa shape index (κ3) is 3.55. The lowest BCUT2D eigenvalue weighted by molar-refractivity contribution is 0.113. The molecule has 1 heteroatoms. The molecule has 1 heterocycles. The first kappa shape index (κ1) is 17.9. The summed E-state index contributed by atoms with van der Waals surface area (Å²) < 4.78 is 0. The molecule has 1 aliphatic heterocycles. The van der Waals surface area contributed by atoms with Crippen LogP contribution in [0.5, 0.6) is 0 Å². The molecule has 0 aromatic rings. The van der Waals surface area contributed by atoms with Gasteiger partial charge < -0.3 is 0 Å². The zero-order valence-corrected chi connectivity index (χ0v) is 17.1. The van der Waals surface area contributed by atoms with Crippen LogP contribution in [0.3, 0.4) is 0 Å². The van der Waals surface area contributed by atoms with Crippen LogP contribution < -0.4 is 0 Å². The third-order valence-corrected chi connectivity index (χ3v) is 8.87. The summed E-state index contributed by atoms with van der Waals surface area (Å²) in [6, 6.07) is 0. The Labute approximate surface area is 149 Å². The molecule has 23 heavy (non-hydrogen) atoms. The predicted octanol–water partition coefficient (Wildman–Crippen LogP) is 6.95. The summed E-state index contributed by atoms with van der Waals surface area (Å²) in [6.07, 6.45) is 11.2. The third-order valence-electron chi connectivity index (χ3n) is 7.22. The van der Waals surface area contributed by atoms with Crippen molar-refractivity contribution in [3.05, 3.63) is 11.6 Å². The van der Waals surface area contributed by atoms with E-state index >= 15 is 0 Å². The second-order valence-corrected chi connectivity index (χ2v) is 11.2. The molecule has 4 unspecified atom stereocenters. The quantitative estimate of drug-likeness (QED) is 0.490. The second kappa shape index (κ2) is 6.43. The number of rotatable bonds is 5. The van der Waals surface area contributed by atoms with Gasteiger partial charge in [0.15, 0.2) is 0 Å². The van der Waals surface area contributed by atoms with Crippen molar-refractivity contribution in [1.29, 1.82) is 0 Å². The van der Waals surface area contributed by atoms with Crippen molar-refractivity contribution in [2.45, 2.75) is 85.3 Å². The fourth-order valence-electron chi connectivity index (χ4n) is 6.44. The largest absolute Gasteiger partial charge is 0.158 e. The molecule has 1 saturated carbocycles. The lowest BCUT2D eigenvalue weighted by atomic mass is 9.64. The molecular formula is C22H38S. The molecular weight excluding hydrogens is 296 g/mol. The molecule has 0 N–H and O–H groups in total. The van der Waals surface area contributed by atoms with Crippen LogP contribution in [-0.4, -0.2) is 11.0 Å². The molecule has 3 rings (SSSR count). The highest BCUT2D eigenvalue weighted by Crippen LogP contribution is 2.60. The van der Waals surface area contributed by atoms with Crippen molar-refractivity contribution in [1.82, 2.24) is 0 Å². The Morgan fingerprint density at radius 1 is 1.30 bits per heavy atom. The summed E-state index contributed by atoms with van der Waals surface area (Å²) in [5.74, 6) is 5.18. The van der Waals surface area contributed by atoms with E-state index in [0.717, 1.165) is 28.9 Å². The van der Waals surface area contributed by atoms with Gasteiger partial charge in [-0.05, 0) is 79.3 Å². The average molecular weight is 335 g/mol. The van der Waals surface area contributed by atoms with Gasteiger partial charge in [0.25, 0.3) is 0 Å². The zero-order chi connectivity index (χ0) is 16.8. The fourth-order valence-corrected chi connectivity index (χ4v) is 8.33. The smallest absolute Gasteiger partial charge is 0.0101 e. The van der Waals surface area contributed by atoms with Gasteiger partial charge in [0.05, 0.1) is 0 Å². The molecule has 0 spiro atoms. The maximum atomic E-state index is 2.63. The van der Waals surface area contributed by atoms with Gasteiger partial charge in [0.2, 0.25) is 0 Å². The van der Waals surface area contributed by atoms with Crippen molar-refractivity contribution in [2.24, 2.45) is 34.5 Å². The standard InChI is InChI=1S/C22H38S/c1-7-8-19-22(6,9-10-23-19)14-16(3)20-18-12-17(18)11-15(2)13-21(20,4)5/h13,16-20H,7-12,14H2,1-6H3/t16-,17+,18?,19?,20?,22?/m1/s1. The first-order chi connectivity index (χ1) is 10.8. The molecule has 2 aliphatic carbocycles. The molecule has 0 aromatic carbocycles. The first-order valence-electron chi connectivity index (χ1n) is 10.1. The minimum absolute atomic E-state index is 0.391. The van der Waals surface area contributed by atoms with Gasteiger partial charge in [-0.25, -0.2) is 0 Å². The molecule has 2 fully saturated rings. The van der Waals surface area contributed by atoms with Gasteiger partial charge in [-0.3, -0.25) is 0 Å². The fraction of sp³-hybridized carbons (Fsp3) is 0.909. The average Bonchev–Trinajstić information content (AvgIpc) is 3.05. The molecule has 0 radical (unpaired) electrons. The Balaban J connectivity index is 1.75. The van der Waals surface area contributed by atoms with Gasteiger partial charge in [0, 0.05) is 5.25 Å². The molecule has 0 amide bonds. The molecule has 132 valence electrons. The van der Waals surface area contributed by atoms with Crippen molar-refractivity contribution < 1.29 is 0 Å². The summed E-state index contributed by atoms with van der Waals surface area (Å²) in [6.45, 7) is 15.0. The van der Waals surface area contributed by atoms with Crippen molar-refractivity contribution >= 4 is 11.8 Å². The highest BCUT2D eigenvalue weighted by molar-refractivity contribution is 8.00. The van der Waals surface area contributed by atoms with E-state index in [2.05, 4.69) is 59.4 Å². The number of hydrogen-bond donors (Lipinski definition) is 0. The SMILES string of the molecule is CCCC1SCCC1(C)C[C@@H](C)C1C2C[C@@H]2CC(C)=CC1(C)C. The monoisotopic (exact) mass is 334 g/mol. The maximum absolute atomic E-state index is 2.63. The van der Waals surface area contributed by atoms with Crippen LogP contribution in [0.1, 0.15) is 80.1 Å². The Morgan fingerprint density at radius 2 is 2.04 bits per heavy atom. The lowest BCUT2D eigenvalue weighted by Crippen LogP contribution is -2.35. The number of thioether (sulfide) groups is 1. The van der Waals surface area contributed by atoms with Crippen LogP contribution in [0, 0.1) is 34.5 Å². The first-order valence-corrected chi connectivity index (χ1v) is 11.1. The normalized spacial score (nSPS) is 43.5. The second-order valence-electron chi connectivity index (χ2n) is 9.94. The van der Waals surface area contributed by atoms with Crippen LogP contribution in [-0.2, 0) is 0 Å². The van der Waals surface area contributed by atoms with Gasteiger partial charge >= 0.3 is 0 Å². The Kier molecular flexibility index (Phi) is 5.00. The zero-order valence-electron chi connectivity index (χ0n) is 16.3. The molecule has 6 atom stereocenters. The predicted molar refractivity (Wildman–Crippen MR) is 105 cm³/mol. The summed E-state index contributed by atoms with van der Waals surface area (Å²) in [5, 5.41) is 0.913. The van der Waals surface area contributed by atoms with Crippen LogP contribution in [0.4, 0.5) is 0 Å². The summed E-state index contributed by atoms with van der Waals surface area (Å²) in [7, 11) is 0. The molecule has 0 aromatic heterocycles. The Hall–Kier alpha value is 0.0900. The van der Waals surface area contributed by atoms with Crippen molar-refractivity contribution in [3.63, 3.8) is 0 Å². The number of fused-ring (bicyclic) bond motifs is 1. The van der Waals surface area contributed by atoms with E-state index in [1.165, 1.54) is 44.3 Å². The summed E-state index contributed by atoms with van der Waals surface area (Å²) in [4.78, 5) is 0. The van der Waals surface area contributed by atoms with Crippen LogP contribution >= 0.6 is 11.8 Å². The summed E-state index contributed by atoms with van der Waals surface area (Å²) in [5.41, 5.74) is 2.64. The lowest BCUT2D eigenvalue weighted by Gasteiger charge is -2.41. The van der Waals surface area contributed by atoms with Gasteiger partial charge in [-0.2, -0.15) is 11.8 Å². The highest BCUT2D eigenvalue weighted by atomic mass is 32.2. The maximum Gasteiger partial charge on any atom is 0.0101 e. The minimum Gasteiger partial charge on any atom is -0.158 e. The molecule has 3 aliphatic rings. The van der Waals surface area contributed by atoms with Gasteiger partial charge in [-0.1, -0.05) is 52.7 Å². The van der Waals surface area contributed by atoms with Crippen molar-refractivity contribution in [3.8, 4) is 0 Å². The van der Waals surface area contributed by atoms with E-state index < -0.39 is 0 Å². The number of allylic oxidation sites excluding steroid dienone is 2. The van der Waals surface area contributed by atoms with E-state index in [1.807, 2.05) is 0 Å². The van der Waals surface area contributed by atoms with E-state index in [1.54, 1.807) is 5.57 Å². The van der Waals surface area contributed by atoms with Gasteiger partial charge in [-0.15, -0.1) is 0 Å². The van der Waals surface area contributed by atoms with Crippen LogP contribution in [0.25, 0.3) is 0 Å². The number of hydrogen-bond acceptors (Lipinski definition) is 1.